The fourth-order valence-corrected chi connectivity index (χ4v) is 7.05. The molecule has 6 nitrogen and oxygen atoms in total. The highest BCUT2D eigenvalue weighted by Crippen LogP contribution is 2.14. The second-order valence-electron chi connectivity index (χ2n) is 17.1. The van der Waals surface area contributed by atoms with Crippen LogP contribution in [0.5, 0.6) is 0 Å². The van der Waals surface area contributed by atoms with Gasteiger partial charge in [0, 0.05) is 19.3 Å². The number of allylic oxidation sites excluding steroid dienone is 12. The van der Waals surface area contributed by atoms with Crippen LogP contribution in [0, 0.1) is 0 Å². The molecule has 0 rings (SSSR count). The van der Waals surface area contributed by atoms with E-state index in [1.807, 2.05) is 0 Å². The van der Waals surface area contributed by atoms with Gasteiger partial charge in [-0.15, -0.1) is 0 Å². The Morgan fingerprint density at radius 1 is 0.339 bits per heavy atom. The van der Waals surface area contributed by atoms with E-state index in [4.69, 9.17) is 14.2 Å². The number of carbonyl (C=O) groups excluding carboxylic acids is 3. The molecule has 6 heteroatoms. The van der Waals surface area contributed by atoms with Gasteiger partial charge < -0.3 is 14.2 Å². The molecule has 0 saturated heterocycles. The van der Waals surface area contributed by atoms with Gasteiger partial charge in [0.1, 0.15) is 13.2 Å². The first-order valence-corrected chi connectivity index (χ1v) is 25.9. The van der Waals surface area contributed by atoms with Gasteiger partial charge in [-0.3, -0.25) is 14.4 Å². The Labute approximate surface area is 382 Å². The Hall–Kier alpha value is -3.15. The van der Waals surface area contributed by atoms with Crippen LogP contribution in [0.4, 0.5) is 0 Å². The summed E-state index contributed by atoms with van der Waals surface area (Å²) in [4.78, 5) is 37.8. The second-order valence-corrected chi connectivity index (χ2v) is 17.1. The maximum Gasteiger partial charge on any atom is 0.306 e. The predicted molar refractivity (Wildman–Crippen MR) is 265 cm³/mol. The van der Waals surface area contributed by atoms with Gasteiger partial charge in [-0.25, -0.2) is 0 Å². The molecule has 0 aromatic carbocycles. The molecule has 0 bridgehead atoms. The summed E-state index contributed by atoms with van der Waals surface area (Å²) in [5, 5.41) is 0. The lowest BCUT2D eigenvalue weighted by atomic mass is 10.1. The molecule has 0 aromatic rings. The van der Waals surface area contributed by atoms with Crippen molar-refractivity contribution in [2.75, 3.05) is 13.2 Å². The summed E-state index contributed by atoms with van der Waals surface area (Å²) in [6.45, 7) is 6.45. The summed E-state index contributed by atoms with van der Waals surface area (Å²) in [6.07, 6.45) is 63.3. The van der Waals surface area contributed by atoms with Crippen molar-refractivity contribution >= 4 is 17.9 Å². The predicted octanol–water partition coefficient (Wildman–Crippen LogP) is 17.0. The highest BCUT2D eigenvalue weighted by atomic mass is 16.6. The largest absolute Gasteiger partial charge is 0.462 e. The maximum absolute atomic E-state index is 12.7. The van der Waals surface area contributed by atoms with E-state index >= 15 is 0 Å². The van der Waals surface area contributed by atoms with E-state index in [1.54, 1.807) is 0 Å². The first-order valence-electron chi connectivity index (χ1n) is 25.9. The third kappa shape index (κ3) is 47.9. The van der Waals surface area contributed by atoms with E-state index in [9.17, 15) is 14.4 Å². The van der Waals surface area contributed by atoms with Crippen molar-refractivity contribution in [3.63, 3.8) is 0 Å². The minimum Gasteiger partial charge on any atom is -0.462 e. The van der Waals surface area contributed by atoms with Crippen LogP contribution in [0.2, 0.25) is 0 Å². The van der Waals surface area contributed by atoms with Crippen LogP contribution >= 0.6 is 0 Å². The van der Waals surface area contributed by atoms with Crippen LogP contribution < -0.4 is 0 Å². The number of esters is 3. The molecule has 0 aromatic heterocycles. The molecule has 0 amide bonds. The standard InChI is InChI=1S/C56H96O6/c1-4-7-10-13-16-19-21-23-24-25-26-27-28-29-30-31-32-34-35-37-40-43-46-49-55(58)61-52-53(51-60-54(57)48-45-42-39-18-15-12-9-6-3)62-56(59)50-47-44-41-38-36-33-22-20-17-14-11-8-5-2/h8,11,17,20-21,23,25-26,28-29,33,36,53H,4-7,9-10,12-16,18-19,22,24,27,30-32,34-35,37-52H2,1-3H3/b11-8-,20-17-,23-21-,26-25-,29-28-,36-33-. The lowest BCUT2D eigenvalue weighted by Crippen LogP contribution is -2.30. The first-order chi connectivity index (χ1) is 30.5. The Kier molecular flexibility index (Phi) is 47.9. The molecule has 1 unspecified atom stereocenters. The molecular weight excluding hydrogens is 769 g/mol. The Morgan fingerprint density at radius 2 is 0.629 bits per heavy atom. The Balaban J connectivity index is 4.27. The summed E-state index contributed by atoms with van der Waals surface area (Å²) >= 11 is 0. The molecular formula is C56H96O6. The van der Waals surface area contributed by atoms with Gasteiger partial charge >= 0.3 is 17.9 Å². The molecule has 0 N–H and O–H groups in total. The van der Waals surface area contributed by atoms with Crippen LogP contribution in [0.15, 0.2) is 72.9 Å². The highest BCUT2D eigenvalue weighted by molar-refractivity contribution is 5.71. The smallest absolute Gasteiger partial charge is 0.306 e. The number of rotatable bonds is 46. The normalized spacial score (nSPS) is 12.6. The van der Waals surface area contributed by atoms with Crippen molar-refractivity contribution < 1.29 is 28.6 Å². The van der Waals surface area contributed by atoms with Crippen LogP contribution in [0.25, 0.3) is 0 Å². The molecule has 0 saturated carbocycles. The third-order valence-corrected chi connectivity index (χ3v) is 10.9. The van der Waals surface area contributed by atoms with Crippen molar-refractivity contribution in [2.24, 2.45) is 0 Å². The van der Waals surface area contributed by atoms with Crippen molar-refractivity contribution in [1.82, 2.24) is 0 Å². The minimum absolute atomic E-state index is 0.0892. The molecule has 0 heterocycles. The molecule has 0 spiro atoms. The van der Waals surface area contributed by atoms with Gasteiger partial charge in [-0.05, 0) is 89.9 Å². The average Bonchev–Trinajstić information content (AvgIpc) is 3.27. The van der Waals surface area contributed by atoms with Crippen molar-refractivity contribution in [3.8, 4) is 0 Å². The van der Waals surface area contributed by atoms with Gasteiger partial charge in [0.2, 0.25) is 0 Å². The summed E-state index contributed by atoms with van der Waals surface area (Å²) in [5.41, 5.74) is 0. The maximum atomic E-state index is 12.7. The van der Waals surface area contributed by atoms with Crippen LogP contribution in [0.1, 0.15) is 245 Å². The summed E-state index contributed by atoms with van der Waals surface area (Å²) in [6, 6.07) is 0. The lowest BCUT2D eigenvalue weighted by Gasteiger charge is -2.18. The molecule has 0 aliphatic heterocycles. The van der Waals surface area contributed by atoms with E-state index in [2.05, 4.69) is 93.7 Å². The van der Waals surface area contributed by atoms with Crippen LogP contribution in [0.3, 0.4) is 0 Å². The van der Waals surface area contributed by atoms with Gasteiger partial charge in [0.15, 0.2) is 6.10 Å². The Bertz CT molecular complexity index is 1180. The number of hydrogen-bond donors (Lipinski definition) is 0. The Morgan fingerprint density at radius 3 is 1.00 bits per heavy atom. The van der Waals surface area contributed by atoms with Gasteiger partial charge in [-0.1, -0.05) is 209 Å². The quantitative estimate of drug-likeness (QED) is 0.0262. The van der Waals surface area contributed by atoms with Crippen LogP contribution in [-0.4, -0.2) is 37.2 Å². The monoisotopic (exact) mass is 865 g/mol. The molecule has 0 aliphatic carbocycles. The fourth-order valence-electron chi connectivity index (χ4n) is 7.05. The van der Waals surface area contributed by atoms with Crippen molar-refractivity contribution in [3.05, 3.63) is 72.9 Å². The number of ether oxygens (including phenoxy) is 3. The molecule has 1 atom stereocenters. The molecule has 0 aliphatic rings. The van der Waals surface area contributed by atoms with Gasteiger partial charge in [-0.2, -0.15) is 0 Å². The van der Waals surface area contributed by atoms with Gasteiger partial charge in [0.25, 0.3) is 0 Å². The third-order valence-electron chi connectivity index (χ3n) is 10.9. The topological polar surface area (TPSA) is 78.9 Å². The van der Waals surface area contributed by atoms with Crippen LogP contribution in [-0.2, 0) is 28.6 Å². The zero-order chi connectivity index (χ0) is 45.1. The van der Waals surface area contributed by atoms with Gasteiger partial charge in [0.05, 0.1) is 0 Å². The van der Waals surface area contributed by atoms with Crippen molar-refractivity contribution in [2.45, 2.75) is 252 Å². The van der Waals surface area contributed by atoms with E-state index in [-0.39, 0.29) is 31.1 Å². The molecule has 356 valence electrons. The van der Waals surface area contributed by atoms with Crippen molar-refractivity contribution in [1.29, 1.82) is 0 Å². The summed E-state index contributed by atoms with van der Waals surface area (Å²) in [7, 11) is 0. The van der Waals surface area contributed by atoms with E-state index in [1.165, 1.54) is 103 Å². The molecule has 62 heavy (non-hydrogen) atoms. The molecule has 0 fully saturated rings. The fraction of sp³-hybridized carbons (Fsp3) is 0.732. The molecule has 0 radical (unpaired) electrons. The zero-order valence-electron chi connectivity index (χ0n) is 40.6. The van der Waals surface area contributed by atoms with E-state index < -0.39 is 6.10 Å². The zero-order valence-corrected chi connectivity index (χ0v) is 40.6. The average molecular weight is 865 g/mol. The van der Waals surface area contributed by atoms with E-state index in [0.29, 0.717) is 19.3 Å². The van der Waals surface area contributed by atoms with E-state index in [0.717, 1.165) is 103 Å². The highest BCUT2D eigenvalue weighted by Gasteiger charge is 2.19. The first kappa shape index (κ1) is 58.9. The minimum atomic E-state index is -0.790. The number of unbranched alkanes of at least 4 members (excludes halogenated alkanes) is 23. The summed E-state index contributed by atoms with van der Waals surface area (Å²) < 4.78 is 16.7. The SMILES string of the molecule is CC/C=C\C/C=C\C/C=C\CCCCCC(=O)OC(COC(=O)CCCCCCCCCC)COC(=O)CCCCCCCCCC/C=C\C/C=C\C/C=C\CCCCCCC. The number of carbonyl (C=O) groups is 3. The second kappa shape index (κ2) is 50.5. The lowest BCUT2D eigenvalue weighted by molar-refractivity contribution is -0.167. The summed E-state index contributed by atoms with van der Waals surface area (Å²) in [5.74, 6) is -0.931. The number of hydrogen-bond acceptors (Lipinski definition) is 6.